The third-order valence-corrected chi connectivity index (χ3v) is 7.50. The van der Waals surface area contributed by atoms with Crippen molar-refractivity contribution in [2.75, 3.05) is 26.4 Å². The molecule has 2 heterocycles. The summed E-state index contributed by atoms with van der Waals surface area (Å²) < 4.78 is 38.4. The average molecular weight is 667 g/mol. The van der Waals surface area contributed by atoms with E-state index in [1.165, 1.54) is 23.1 Å². The quantitative estimate of drug-likeness (QED) is 0.150. The third-order valence-electron chi connectivity index (χ3n) is 6.69. The average Bonchev–Trinajstić information content (AvgIpc) is 3.28. The molecule has 226 valence electrons. The van der Waals surface area contributed by atoms with Gasteiger partial charge in [-0.3, -0.25) is 9.36 Å². The number of carbonyl (C=O) groups excluding carboxylic acids is 2. The van der Waals surface area contributed by atoms with Gasteiger partial charge in [-0.1, -0.05) is 29.8 Å². The molecule has 1 fully saturated rings. The lowest BCUT2D eigenvalue weighted by Crippen LogP contribution is -2.45. The van der Waals surface area contributed by atoms with E-state index in [0.29, 0.717) is 24.7 Å². The van der Waals surface area contributed by atoms with Crippen LogP contribution < -0.4 is 4.74 Å². The van der Waals surface area contributed by atoms with Crippen LogP contribution in [0.1, 0.15) is 55.6 Å². The molecule has 0 radical (unpaired) electrons. The Bertz CT molecular complexity index is 1350. The summed E-state index contributed by atoms with van der Waals surface area (Å²) in [7, 11) is 0. The van der Waals surface area contributed by atoms with Crippen molar-refractivity contribution in [2.24, 2.45) is 0 Å². The minimum atomic E-state index is -0.887. The molecule has 1 aromatic heterocycles. The summed E-state index contributed by atoms with van der Waals surface area (Å²) >= 11 is 9.51. The molecule has 2 unspecified atom stereocenters. The number of benzene rings is 2. The molecule has 1 amide bonds. The van der Waals surface area contributed by atoms with Gasteiger partial charge in [-0.15, -0.1) is 0 Å². The van der Waals surface area contributed by atoms with Crippen LogP contribution in [0.3, 0.4) is 0 Å². The molecule has 42 heavy (non-hydrogen) atoms. The van der Waals surface area contributed by atoms with Gasteiger partial charge in [0.15, 0.2) is 6.29 Å². The lowest BCUT2D eigenvalue weighted by molar-refractivity contribution is -0.163. The van der Waals surface area contributed by atoms with E-state index in [-0.39, 0.29) is 48.0 Å². The molecule has 0 aliphatic carbocycles. The van der Waals surface area contributed by atoms with Crippen LogP contribution in [0.5, 0.6) is 11.8 Å². The van der Waals surface area contributed by atoms with E-state index in [1.54, 1.807) is 36.6 Å². The lowest BCUT2D eigenvalue weighted by atomic mass is 10.2. The highest BCUT2D eigenvalue weighted by molar-refractivity contribution is 9.10. The number of amides is 1. The first-order valence-electron chi connectivity index (χ1n) is 13.9. The zero-order valence-corrected chi connectivity index (χ0v) is 25.9. The van der Waals surface area contributed by atoms with Crippen molar-refractivity contribution in [2.45, 2.75) is 58.4 Å². The Labute approximate surface area is 258 Å². The van der Waals surface area contributed by atoms with Crippen LogP contribution in [0.15, 0.2) is 53.1 Å². The van der Waals surface area contributed by atoms with Crippen LogP contribution in [-0.4, -0.2) is 65.0 Å². The Morgan fingerprint density at radius 3 is 2.71 bits per heavy atom. The maximum atomic E-state index is 14.2. The predicted molar refractivity (Wildman–Crippen MR) is 158 cm³/mol. The fourth-order valence-electron chi connectivity index (χ4n) is 4.53. The van der Waals surface area contributed by atoms with Gasteiger partial charge in [0.25, 0.3) is 5.91 Å². The van der Waals surface area contributed by atoms with Gasteiger partial charge in [-0.2, -0.15) is 4.98 Å². The standard InChI is InChI=1S/C30H34BrClFN3O6/c1-3-39-29(38)20(2)35(15-7-17-41-25-10-4-5-16-40-25)28(37)26-27(31)34-30(42-24-9-6-8-23(33)18-24)36(26)19-21-11-13-22(32)14-12-21/h6,8-9,11-14,18,20,25H,3-5,7,10,15-17,19H2,1-2H3. The molecule has 2 atom stereocenters. The molecule has 4 rings (SSSR count). The Morgan fingerprint density at radius 2 is 2.02 bits per heavy atom. The first kappa shape index (κ1) is 31.9. The van der Waals surface area contributed by atoms with Crippen molar-refractivity contribution in [3.05, 3.63) is 75.2 Å². The molecule has 0 N–H and O–H groups in total. The second-order valence-electron chi connectivity index (χ2n) is 9.75. The minimum absolute atomic E-state index is 0.0623. The number of halogens is 3. The van der Waals surface area contributed by atoms with Gasteiger partial charge in [-0.05, 0) is 85.3 Å². The molecule has 3 aromatic rings. The maximum absolute atomic E-state index is 14.2. The molecular weight excluding hydrogens is 633 g/mol. The number of hydrogen-bond acceptors (Lipinski definition) is 7. The number of esters is 1. The van der Waals surface area contributed by atoms with E-state index in [0.717, 1.165) is 24.8 Å². The van der Waals surface area contributed by atoms with Crippen molar-refractivity contribution in [3.8, 4) is 11.8 Å². The summed E-state index contributed by atoms with van der Waals surface area (Å²) in [6.07, 6.45) is 3.09. The van der Waals surface area contributed by atoms with Gasteiger partial charge < -0.3 is 23.8 Å². The van der Waals surface area contributed by atoms with Crippen molar-refractivity contribution < 1.29 is 32.9 Å². The topological polar surface area (TPSA) is 92.1 Å². The summed E-state index contributed by atoms with van der Waals surface area (Å²) in [5.74, 6) is -1.26. The highest BCUT2D eigenvalue weighted by atomic mass is 79.9. The number of carbonyl (C=O) groups is 2. The molecule has 1 saturated heterocycles. The van der Waals surface area contributed by atoms with E-state index in [1.807, 2.05) is 12.1 Å². The Hall–Kier alpha value is -2.99. The second-order valence-corrected chi connectivity index (χ2v) is 10.9. The number of aromatic nitrogens is 2. The smallest absolute Gasteiger partial charge is 0.328 e. The van der Waals surface area contributed by atoms with Crippen molar-refractivity contribution in [1.29, 1.82) is 0 Å². The Kier molecular flexibility index (Phi) is 11.8. The van der Waals surface area contributed by atoms with E-state index in [9.17, 15) is 14.0 Å². The summed E-state index contributed by atoms with van der Waals surface area (Å²) in [6, 6.07) is 11.9. The van der Waals surface area contributed by atoms with Crippen molar-refractivity contribution >= 4 is 39.4 Å². The van der Waals surface area contributed by atoms with Gasteiger partial charge in [-0.25, -0.2) is 9.18 Å². The van der Waals surface area contributed by atoms with E-state index < -0.39 is 23.7 Å². The maximum Gasteiger partial charge on any atom is 0.328 e. The fourth-order valence-corrected chi connectivity index (χ4v) is 5.19. The van der Waals surface area contributed by atoms with Gasteiger partial charge in [0.05, 0.1) is 19.8 Å². The molecule has 0 spiro atoms. The fraction of sp³-hybridized carbons (Fsp3) is 0.433. The van der Waals surface area contributed by atoms with Gasteiger partial charge in [0, 0.05) is 24.2 Å². The summed E-state index contributed by atoms with van der Waals surface area (Å²) in [5.41, 5.74) is 0.970. The molecule has 9 nitrogen and oxygen atoms in total. The van der Waals surface area contributed by atoms with Crippen LogP contribution in [0.25, 0.3) is 0 Å². The molecule has 1 aliphatic heterocycles. The van der Waals surface area contributed by atoms with Crippen LogP contribution in [0.4, 0.5) is 4.39 Å². The predicted octanol–water partition coefficient (Wildman–Crippen LogP) is 6.61. The zero-order chi connectivity index (χ0) is 30.1. The normalized spacial score (nSPS) is 15.7. The Morgan fingerprint density at radius 1 is 1.24 bits per heavy atom. The van der Waals surface area contributed by atoms with Crippen LogP contribution in [0.2, 0.25) is 5.02 Å². The van der Waals surface area contributed by atoms with Gasteiger partial charge in [0.2, 0.25) is 0 Å². The van der Waals surface area contributed by atoms with Crippen molar-refractivity contribution in [1.82, 2.24) is 14.5 Å². The summed E-state index contributed by atoms with van der Waals surface area (Å²) in [4.78, 5) is 32.9. The monoisotopic (exact) mass is 665 g/mol. The summed E-state index contributed by atoms with van der Waals surface area (Å²) in [5, 5.41) is 0.563. The van der Waals surface area contributed by atoms with Crippen LogP contribution in [0, 0.1) is 5.82 Å². The molecule has 1 aliphatic rings. The van der Waals surface area contributed by atoms with E-state index in [2.05, 4.69) is 20.9 Å². The summed E-state index contributed by atoms with van der Waals surface area (Å²) in [6.45, 7) is 4.93. The molecular formula is C30H34BrClFN3O6. The highest BCUT2D eigenvalue weighted by Gasteiger charge is 2.33. The first-order chi connectivity index (χ1) is 20.3. The van der Waals surface area contributed by atoms with Crippen molar-refractivity contribution in [3.63, 3.8) is 0 Å². The number of rotatable bonds is 13. The largest absolute Gasteiger partial charge is 0.464 e. The second kappa shape index (κ2) is 15.5. The zero-order valence-electron chi connectivity index (χ0n) is 23.6. The molecule has 12 heteroatoms. The van der Waals surface area contributed by atoms with Gasteiger partial charge >= 0.3 is 12.0 Å². The Balaban J connectivity index is 1.64. The lowest BCUT2D eigenvalue weighted by Gasteiger charge is -2.29. The molecule has 0 saturated carbocycles. The first-order valence-corrected chi connectivity index (χ1v) is 15.1. The minimum Gasteiger partial charge on any atom is -0.464 e. The molecule has 2 aromatic carbocycles. The molecule has 0 bridgehead atoms. The highest BCUT2D eigenvalue weighted by Crippen LogP contribution is 2.30. The van der Waals surface area contributed by atoms with Gasteiger partial charge in [0.1, 0.15) is 27.9 Å². The van der Waals surface area contributed by atoms with Crippen LogP contribution in [-0.2, 0) is 25.5 Å². The number of nitrogens with zero attached hydrogens (tertiary/aromatic N) is 3. The number of imidazole rings is 1. The SMILES string of the molecule is CCOC(=O)C(C)N(CCCOC1CCCCO1)C(=O)c1c(Br)nc(Oc2cccc(F)c2)n1Cc1ccc(Cl)cc1. The van der Waals surface area contributed by atoms with Crippen LogP contribution >= 0.6 is 27.5 Å². The van der Waals surface area contributed by atoms with E-state index >= 15 is 0 Å². The number of hydrogen-bond donors (Lipinski definition) is 0. The number of ether oxygens (including phenoxy) is 4. The van der Waals surface area contributed by atoms with E-state index in [4.69, 9.17) is 30.5 Å². The third kappa shape index (κ3) is 8.53.